The number of aliphatic hydroxyl groups is 1. The number of ether oxygens (including phenoxy) is 2. The van der Waals surface area contributed by atoms with Gasteiger partial charge in [-0.15, -0.1) is 0 Å². The molecule has 0 aromatic heterocycles. The molecule has 1 aromatic carbocycles. The van der Waals surface area contributed by atoms with Gasteiger partial charge >= 0.3 is 0 Å². The summed E-state index contributed by atoms with van der Waals surface area (Å²) >= 11 is 0. The zero-order valence-corrected chi connectivity index (χ0v) is 19.0. The smallest absolute Gasteiger partial charge is 0.222 e. The minimum Gasteiger partial charge on any atom is -0.388 e. The van der Waals surface area contributed by atoms with Gasteiger partial charge in [-0.2, -0.15) is 0 Å². The number of nitrogens with zero attached hydrogens (tertiary/aromatic N) is 1. The van der Waals surface area contributed by atoms with Gasteiger partial charge in [-0.1, -0.05) is 12.1 Å². The Balaban J connectivity index is 1.31. The summed E-state index contributed by atoms with van der Waals surface area (Å²) in [6.45, 7) is 7.97. The second-order valence-electron chi connectivity index (χ2n) is 10.6. The van der Waals surface area contributed by atoms with Gasteiger partial charge in [0.2, 0.25) is 5.91 Å². The largest absolute Gasteiger partial charge is 0.388 e. The summed E-state index contributed by atoms with van der Waals surface area (Å²) in [5.74, 6) is -0.0882. The topological polar surface area (TPSA) is 59.0 Å². The lowest BCUT2D eigenvalue weighted by atomic mass is 9.68. The first-order valence-electron chi connectivity index (χ1n) is 11.6. The highest BCUT2D eigenvalue weighted by Gasteiger charge is 2.53. The van der Waals surface area contributed by atoms with Crippen LogP contribution in [-0.2, 0) is 20.7 Å². The van der Waals surface area contributed by atoms with E-state index < -0.39 is 5.60 Å². The molecule has 3 aliphatic heterocycles. The van der Waals surface area contributed by atoms with Crippen LogP contribution < -0.4 is 0 Å². The van der Waals surface area contributed by atoms with E-state index in [0.29, 0.717) is 19.4 Å². The number of hydrogen-bond donors (Lipinski definition) is 1. The Morgan fingerprint density at radius 3 is 2.55 bits per heavy atom. The number of hydrogen-bond acceptors (Lipinski definition) is 4. The lowest BCUT2D eigenvalue weighted by Crippen LogP contribution is -2.61. The van der Waals surface area contributed by atoms with E-state index in [1.807, 2.05) is 18.7 Å². The predicted molar refractivity (Wildman–Crippen MR) is 116 cm³/mol. The second-order valence-corrected chi connectivity index (χ2v) is 10.6. The minimum absolute atomic E-state index is 0.0212. The number of carbonyl (C=O) groups excluding carboxylic acids is 1. The van der Waals surface area contributed by atoms with Gasteiger partial charge in [-0.05, 0) is 82.4 Å². The van der Waals surface area contributed by atoms with Crippen LogP contribution in [0, 0.1) is 11.2 Å². The summed E-state index contributed by atoms with van der Waals surface area (Å²) in [6, 6.07) is 6.37. The summed E-state index contributed by atoms with van der Waals surface area (Å²) in [5.41, 5.74) is -0.111. The maximum absolute atomic E-state index is 13.1. The molecule has 1 spiro atoms. The third kappa shape index (κ3) is 4.96. The van der Waals surface area contributed by atoms with Gasteiger partial charge in [0.05, 0.1) is 30.0 Å². The van der Waals surface area contributed by atoms with Crippen LogP contribution in [0.15, 0.2) is 24.3 Å². The molecule has 0 aliphatic carbocycles. The molecule has 4 rings (SSSR count). The average molecular weight is 434 g/mol. The number of fused-ring (bicyclic) bond motifs is 1. The van der Waals surface area contributed by atoms with E-state index in [9.17, 15) is 14.3 Å². The predicted octanol–water partition coefficient (Wildman–Crippen LogP) is 3.86. The van der Waals surface area contributed by atoms with Crippen LogP contribution in [-0.4, -0.2) is 59.0 Å². The van der Waals surface area contributed by atoms with Crippen molar-refractivity contribution >= 4 is 5.91 Å². The van der Waals surface area contributed by atoms with Crippen molar-refractivity contribution < 1.29 is 23.8 Å². The Morgan fingerprint density at radius 1 is 1.23 bits per heavy atom. The van der Waals surface area contributed by atoms with Crippen molar-refractivity contribution in [2.24, 2.45) is 5.41 Å². The highest BCUT2D eigenvalue weighted by atomic mass is 19.1. The molecule has 0 saturated carbocycles. The monoisotopic (exact) mass is 433 g/mol. The number of piperidine rings is 1. The van der Waals surface area contributed by atoms with Gasteiger partial charge < -0.3 is 19.5 Å². The van der Waals surface area contributed by atoms with Crippen LogP contribution in [0.3, 0.4) is 0 Å². The van der Waals surface area contributed by atoms with Crippen LogP contribution in [0.25, 0.3) is 0 Å². The molecule has 6 heteroatoms. The molecular formula is C25H36FNO4. The number of carbonyl (C=O) groups is 1. The summed E-state index contributed by atoms with van der Waals surface area (Å²) in [4.78, 5) is 14.7. The third-order valence-electron chi connectivity index (χ3n) is 7.74. The minimum atomic E-state index is -0.855. The standard InChI is InChI=1S/C25H36FNO4/c1-23(2,29)20-10-11-24(3)21(31-20)16-25(17-30-24)12-14-27(15-13-25)22(28)9-6-18-4-7-19(26)8-5-18/h4-5,7-8,20-21,29H,6,9-17H2,1-3H3/t20-,21-,24+/m0/s1. The second kappa shape index (κ2) is 8.45. The quantitative estimate of drug-likeness (QED) is 0.783. The van der Waals surface area contributed by atoms with Crippen molar-refractivity contribution in [3.63, 3.8) is 0 Å². The number of benzene rings is 1. The summed E-state index contributed by atoms with van der Waals surface area (Å²) in [5, 5.41) is 10.4. The molecule has 0 unspecified atom stereocenters. The molecule has 0 radical (unpaired) electrons. The maximum Gasteiger partial charge on any atom is 0.222 e. The van der Waals surface area contributed by atoms with Gasteiger partial charge in [-0.25, -0.2) is 4.39 Å². The highest BCUT2D eigenvalue weighted by molar-refractivity contribution is 5.76. The van der Waals surface area contributed by atoms with E-state index in [-0.39, 0.29) is 34.9 Å². The Kier molecular flexibility index (Phi) is 6.18. The van der Waals surface area contributed by atoms with Crippen LogP contribution in [0.5, 0.6) is 0 Å². The lowest BCUT2D eigenvalue weighted by molar-refractivity contribution is -0.271. The molecule has 1 N–H and O–H groups in total. The van der Waals surface area contributed by atoms with Crippen LogP contribution in [0.2, 0.25) is 0 Å². The molecule has 0 bridgehead atoms. The van der Waals surface area contributed by atoms with E-state index in [2.05, 4.69) is 6.92 Å². The first kappa shape index (κ1) is 22.7. The molecule has 3 heterocycles. The van der Waals surface area contributed by atoms with Crippen LogP contribution in [0.4, 0.5) is 4.39 Å². The molecule has 3 fully saturated rings. The van der Waals surface area contributed by atoms with E-state index >= 15 is 0 Å². The Morgan fingerprint density at radius 2 is 1.90 bits per heavy atom. The fourth-order valence-corrected chi connectivity index (χ4v) is 5.35. The van der Waals surface area contributed by atoms with E-state index in [1.54, 1.807) is 12.1 Å². The summed E-state index contributed by atoms with van der Waals surface area (Å²) in [7, 11) is 0. The van der Waals surface area contributed by atoms with Crippen LogP contribution >= 0.6 is 0 Å². The molecule has 1 aromatic rings. The van der Waals surface area contributed by atoms with Gasteiger partial charge in [0.15, 0.2) is 0 Å². The molecule has 1 amide bonds. The fraction of sp³-hybridized carbons (Fsp3) is 0.720. The number of rotatable bonds is 4. The Bertz CT molecular complexity index is 782. The lowest BCUT2D eigenvalue weighted by Gasteiger charge is -2.56. The van der Waals surface area contributed by atoms with E-state index in [1.165, 1.54) is 12.1 Å². The van der Waals surface area contributed by atoms with E-state index in [0.717, 1.165) is 50.8 Å². The molecule has 5 nitrogen and oxygen atoms in total. The van der Waals surface area contributed by atoms with Gasteiger partial charge in [0.1, 0.15) is 5.82 Å². The van der Waals surface area contributed by atoms with Crippen molar-refractivity contribution in [3.05, 3.63) is 35.6 Å². The molecule has 3 atom stereocenters. The number of amides is 1. The molecule has 3 aliphatic rings. The Labute approximate surface area is 184 Å². The zero-order chi connectivity index (χ0) is 22.3. The van der Waals surface area contributed by atoms with Gasteiger partial charge in [0, 0.05) is 19.5 Å². The Hall–Kier alpha value is -1.50. The highest BCUT2D eigenvalue weighted by Crippen LogP contribution is 2.49. The van der Waals surface area contributed by atoms with Crippen LogP contribution in [0.1, 0.15) is 64.9 Å². The van der Waals surface area contributed by atoms with Crippen molar-refractivity contribution in [2.75, 3.05) is 19.7 Å². The number of likely N-dealkylation sites (tertiary alicyclic amines) is 1. The number of halogens is 1. The maximum atomic E-state index is 13.1. The van der Waals surface area contributed by atoms with Crippen molar-refractivity contribution in [2.45, 2.75) is 89.1 Å². The average Bonchev–Trinajstić information content (AvgIpc) is 2.73. The SMILES string of the molecule is CC(C)(O)[C@@H]1CC[C@@]2(C)OCC3(CCN(C(=O)CCc4ccc(F)cc4)CC3)C[C@@H]2O1. The molecule has 3 saturated heterocycles. The van der Waals surface area contributed by atoms with Gasteiger partial charge in [-0.3, -0.25) is 4.79 Å². The van der Waals surface area contributed by atoms with Crippen molar-refractivity contribution in [1.82, 2.24) is 4.90 Å². The first-order chi connectivity index (χ1) is 14.6. The fourth-order valence-electron chi connectivity index (χ4n) is 5.35. The van der Waals surface area contributed by atoms with E-state index in [4.69, 9.17) is 9.47 Å². The third-order valence-corrected chi connectivity index (χ3v) is 7.74. The molecule has 31 heavy (non-hydrogen) atoms. The van der Waals surface area contributed by atoms with Crippen molar-refractivity contribution in [3.8, 4) is 0 Å². The van der Waals surface area contributed by atoms with Crippen molar-refractivity contribution in [1.29, 1.82) is 0 Å². The summed E-state index contributed by atoms with van der Waals surface area (Å²) in [6.07, 6.45) is 5.35. The van der Waals surface area contributed by atoms with Gasteiger partial charge in [0.25, 0.3) is 0 Å². The molecule has 172 valence electrons. The molecular weight excluding hydrogens is 397 g/mol. The number of aryl methyl sites for hydroxylation is 1. The first-order valence-corrected chi connectivity index (χ1v) is 11.6. The zero-order valence-electron chi connectivity index (χ0n) is 19.0. The normalized spacial score (nSPS) is 30.8. The summed E-state index contributed by atoms with van der Waals surface area (Å²) < 4.78 is 25.8.